The highest BCUT2D eigenvalue weighted by Gasteiger charge is 2.69. The highest BCUT2D eigenvalue weighted by molar-refractivity contribution is 5.86. The van der Waals surface area contributed by atoms with Crippen LogP contribution in [-0.4, -0.2) is 45.9 Å². The van der Waals surface area contributed by atoms with Gasteiger partial charge in [-0.25, -0.2) is 18.6 Å². The summed E-state index contributed by atoms with van der Waals surface area (Å²) in [5, 5.41) is 9.12. The summed E-state index contributed by atoms with van der Waals surface area (Å²) >= 11 is 0. The molecule has 2 heterocycles. The molecule has 8 heteroatoms. The number of carboxylic acids is 1. The fourth-order valence-electron chi connectivity index (χ4n) is 4.53. The molecule has 1 aliphatic heterocycles. The van der Waals surface area contributed by atoms with Gasteiger partial charge in [-0.2, -0.15) is 0 Å². The lowest BCUT2D eigenvalue weighted by atomic mass is 9.86. The molecule has 3 aliphatic rings. The number of alkyl halides is 2. The third kappa shape index (κ3) is 2.71. The molecule has 3 fully saturated rings. The van der Waals surface area contributed by atoms with Gasteiger partial charge in [0.15, 0.2) is 12.1 Å². The van der Waals surface area contributed by atoms with E-state index in [1.807, 2.05) is 0 Å². The van der Waals surface area contributed by atoms with Gasteiger partial charge in [0.1, 0.15) is 5.76 Å². The average molecular weight is 354 g/mol. The summed E-state index contributed by atoms with van der Waals surface area (Å²) in [5.74, 6) is -4.87. The summed E-state index contributed by atoms with van der Waals surface area (Å²) in [6, 6.07) is 0. The van der Waals surface area contributed by atoms with Crippen molar-refractivity contribution in [2.24, 2.45) is 17.8 Å². The number of carbonyl (C=O) groups is 2. The Balaban J connectivity index is 1.35. The molecule has 3 atom stereocenters. The van der Waals surface area contributed by atoms with E-state index in [-0.39, 0.29) is 23.4 Å². The van der Waals surface area contributed by atoms with Crippen LogP contribution >= 0.6 is 0 Å². The Morgan fingerprint density at radius 3 is 2.56 bits per heavy atom. The van der Waals surface area contributed by atoms with E-state index in [0.29, 0.717) is 51.0 Å². The average Bonchev–Trinajstić information content (AvgIpc) is 2.98. The molecule has 136 valence electrons. The van der Waals surface area contributed by atoms with Gasteiger partial charge in [0.05, 0.1) is 0 Å². The fourth-order valence-corrected chi connectivity index (χ4v) is 4.53. The molecule has 2 aliphatic carbocycles. The predicted molar refractivity (Wildman–Crippen MR) is 81.3 cm³/mol. The summed E-state index contributed by atoms with van der Waals surface area (Å²) in [6.07, 6.45) is 3.59. The predicted octanol–water partition coefficient (Wildman–Crippen LogP) is 2.76. The molecule has 2 saturated carbocycles. The van der Waals surface area contributed by atoms with Crippen molar-refractivity contribution in [2.45, 2.75) is 43.9 Å². The van der Waals surface area contributed by atoms with E-state index in [4.69, 9.17) is 9.52 Å². The van der Waals surface area contributed by atoms with E-state index < -0.39 is 23.7 Å². The molecule has 1 aromatic heterocycles. The maximum Gasteiger partial charge on any atom is 0.358 e. The topological polar surface area (TPSA) is 83.6 Å². The maximum atomic E-state index is 13.5. The lowest BCUT2D eigenvalue weighted by Gasteiger charge is -2.34. The minimum Gasteiger partial charge on any atom is -0.476 e. The third-order valence-electron chi connectivity index (χ3n) is 6.05. The Morgan fingerprint density at radius 1 is 1.20 bits per heavy atom. The number of rotatable bonds is 3. The molecule has 4 rings (SSSR count). The van der Waals surface area contributed by atoms with Gasteiger partial charge >= 0.3 is 5.97 Å². The minimum atomic E-state index is -2.57. The summed E-state index contributed by atoms with van der Waals surface area (Å²) in [5.41, 5.74) is -0.0703. The number of aromatic nitrogens is 1. The zero-order valence-corrected chi connectivity index (χ0v) is 13.7. The van der Waals surface area contributed by atoms with Crippen LogP contribution < -0.4 is 0 Å². The minimum absolute atomic E-state index is 0.0318. The van der Waals surface area contributed by atoms with Gasteiger partial charge in [-0.3, -0.25) is 4.79 Å². The fraction of sp³-hybridized carbons (Fsp3) is 0.706. The first-order valence-corrected chi connectivity index (χ1v) is 8.73. The van der Waals surface area contributed by atoms with Crippen molar-refractivity contribution in [1.82, 2.24) is 9.88 Å². The van der Waals surface area contributed by atoms with Crippen molar-refractivity contribution in [3.63, 3.8) is 0 Å². The summed E-state index contributed by atoms with van der Waals surface area (Å²) in [6.45, 7) is 0.981. The van der Waals surface area contributed by atoms with Crippen molar-refractivity contribution >= 4 is 11.9 Å². The molecule has 0 spiro atoms. The van der Waals surface area contributed by atoms with Crippen LogP contribution in [0.2, 0.25) is 0 Å². The zero-order valence-electron chi connectivity index (χ0n) is 13.7. The van der Waals surface area contributed by atoms with Crippen LogP contribution in [0.15, 0.2) is 10.8 Å². The van der Waals surface area contributed by atoms with Crippen LogP contribution in [0.5, 0.6) is 0 Å². The molecular weight excluding hydrogens is 334 g/mol. The number of nitrogens with zero attached hydrogens (tertiary/aromatic N) is 2. The second-order valence-electron chi connectivity index (χ2n) is 7.37. The number of likely N-dealkylation sites (tertiary alicyclic amines) is 1. The molecular formula is C17H20F2N2O4. The Bertz CT molecular complexity index is 697. The van der Waals surface area contributed by atoms with Crippen LogP contribution in [0.1, 0.15) is 54.3 Å². The molecule has 1 aromatic rings. The van der Waals surface area contributed by atoms with Crippen LogP contribution in [0, 0.1) is 17.8 Å². The zero-order chi connectivity index (χ0) is 17.8. The molecule has 0 radical (unpaired) electrons. The lowest BCUT2D eigenvalue weighted by Crippen LogP contribution is -2.42. The number of fused-ring (bicyclic) bond motifs is 1. The second-order valence-corrected chi connectivity index (χ2v) is 7.37. The first kappa shape index (κ1) is 16.5. The van der Waals surface area contributed by atoms with Crippen LogP contribution in [0.3, 0.4) is 0 Å². The Kier molecular flexibility index (Phi) is 3.81. The lowest BCUT2D eigenvalue weighted by molar-refractivity contribution is -0.137. The molecule has 0 aromatic carbocycles. The van der Waals surface area contributed by atoms with Crippen molar-refractivity contribution in [3.05, 3.63) is 17.8 Å². The van der Waals surface area contributed by atoms with E-state index in [0.717, 1.165) is 6.39 Å². The standard InChI is InChI=1S/C17H20F2N2O4/c18-17(19)11-2-1-10(7-12(11)17)15(22)21-5-3-9(4-6-21)14-13(16(23)24)20-8-25-14/h8-12H,1-7H2,(H,23,24)/t10-,11+,12-/m1/s1. The molecule has 0 bridgehead atoms. The van der Waals surface area contributed by atoms with Crippen molar-refractivity contribution in [2.75, 3.05) is 13.1 Å². The second kappa shape index (κ2) is 5.78. The van der Waals surface area contributed by atoms with E-state index in [9.17, 15) is 18.4 Å². The van der Waals surface area contributed by atoms with Crippen LogP contribution in [0.25, 0.3) is 0 Å². The van der Waals surface area contributed by atoms with E-state index in [1.54, 1.807) is 4.90 Å². The SMILES string of the molecule is O=C(O)c1ncoc1C1CCN(C(=O)[C@@H]2CC[C@H]3[C@@H](C2)C3(F)F)CC1. The number of hydrogen-bond acceptors (Lipinski definition) is 4. The number of carbonyl (C=O) groups excluding carboxylic acids is 1. The normalized spacial score (nSPS) is 31.4. The Morgan fingerprint density at radius 2 is 1.92 bits per heavy atom. The number of oxazole rings is 1. The molecule has 1 amide bonds. The quantitative estimate of drug-likeness (QED) is 0.902. The van der Waals surface area contributed by atoms with Crippen LogP contribution in [-0.2, 0) is 4.79 Å². The van der Waals surface area contributed by atoms with Gasteiger partial charge < -0.3 is 14.4 Å². The van der Waals surface area contributed by atoms with Gasteiger partial charge in [-0.15, -0.1) is 0 Å². The molecule has 6 nitrogen and oxygen atoms in total. The van der Waals surface area contributed by atoms with E-state index in [2.05, 4.69) is 4.98 Å². The summed E-state index contributed by atoms with van der Waals surface area (Å²) in [7, 11) is 0. The van der Waals surface area contributed by atoms with Gasteiger partial charge in [-0.05, 0) is 32.1 Å². The Hall–Kier alpha value is -1.99. The van der Waals surface area contributed by atoms with Gasteiger partial charge in [0.2, 0.25) is 5.91 Å². The molecule has 1 saturated heterocycles. The number of piperidine rings is 1. The first-order chi connectivity index (χ1) is 11.9. The third-order valence-corrected chi connectivity index (χ3v) is 6.05. The monoisotopic (exact) mass is 354 g/mol. The molecule has 0 unspecified atom stereocenters. The maximum absolute atomic E-state index is 13.5. The summed E-state index contributed by atoms with van der Waals surface area (Å²) < 4.78 is 32.2. The molecule has 1 N–H and O–H groups in total. The number of aromatic carboxylic acids is 1. The largest absolute Gasteiger partial charge is 0.476 e. The number of carboxylic acid groups (broad SMARTS) is 1. The first-order valence-electron chi connectivity index (χ1n) is 8.73. The van der Waals surface area contributed by atoms with Gasteiger partial charge in [0.25, 0.3) is 5.92 Å². The molecule has 25 heavy (non-hydrogen) atoms. The Labute approximate surface area is 143 Å². The van der Waals surface area contributed by atoms with Gasteiger partial charge in [0, 0.05) is 36.8 Å². The van der Waals surface area contributed by atoms with Gasteiger partial charge in [-0.1, -0.05) is 0 Å². The van der Waals surface area contributed by atoms with Crippen molar-refractivity contribution in [1.29, 1.82) is 0 Å². The van der Waals surface area contributed by atoms with Crippen LogP contribution in [0.4, 0.5) is 8.78 Å². The van der Waals surface area contributed by atoms with Crippen molar-refractivity contribution in [3.8, 4) is 0 Å². The van der Waals surface area contributed by atoms with E-state index >= 15 is 0 Å². The number of amides is 1. The smallest absolute Gasteiger partial charge is 0.358 e. The highest BCUT2D eigenvalue weighted by Crippen LogP contribution is 2.63. The summed E-state index contributed by atoms with van der Waals surface area (Å²) in [4.78, 5) is 29.3. The number of hydrogen-bond donors (Lipinski definition) is 1. The highest BCUT2D eigenvalue weighted by atomic mass is 19.3. The number of halogens is 2. The van der Waals surface area contributed by atoms with Crippen molar-refractivity contribution < 1.29 is 27.9 Å². The van der Waals surface area contributed by atoms with E-state index in [1.165, 1.54) is 0 Å².